The number of anilines is 2. The number of nitrogens with zero attached hydrogens (tertiary/aromatic N) is 4. The smallest absolute Gasteiger partial charge is 0.157 e. The van der Waals surface area contributed by atoms with Crippen LogP contribution in [0.4, 0.5) is 11.5 Å². The van der Waals surface area contributed by atoms with E-state index in [4.69, 9.17) is 9.72 Å². The first kappa shape index (κ1) is 17.5. The molecule has 2 aliphatic rings. The average Bonchev–Trinajstić information content (AvgIpc) is 3.46. The Morgan fingerprint density at radius 2 is 2.11 bits per heavy atom. The van der Waals surface area contributed by atoms with Gasteiger partial charge in [-0.3, -0.25) is 9.38 Å². The quantitative estimate of drug-likeness (QED) is 0.731. The van der Waals surface area contributed by atoms with Crippen molar-refractivity contribution in [3.05, 3.63) is 42.4 Å². The lowest BCUT2D eigenvalue weighted by molar-refractivity contribution is 0.120. The van der Waals surface area contributed by atoms with Crippen molar-refractivity contribution in [2.24, 2.45) is 0 Å². The van der Waals surface area contributed by atoms with Crippen LogP contribution in [-0.2, 0) is 4.74 Å². The van der Waals surface area contributed by atoms with Crippen molar-refractivity contribution in [1.82, 2.24) is 14.4 Å². The average molecular weight is 377 g/mol. The van der Waals surface area contributed by atoms with Crippen LogP contribution in [0.25, 0.3) is 16.9 Å². The maximum absolute atomic E-state index is 5.80. The normalized spacial score (nSPS) is 19.6. The molecule has 28 heavy (non-hydrogen) atoms. The summed E-state index contributed by atoms with van der Waals surface area (Å²) in [5, 5.41) is 3.61. The standard InChI is InChI=1S/C22H27N5O/c1-16-13-17(26-9-2-3-10-26)6-7-19(16)21-22(24-14-18-5-4-12-28-18)27-11-8-23-15-20(27)25-21/h6-8,11,13,15,18,24H,2-5,9-10,12,14H2,1H3. The molecular weight excluding hydrogens is 350 g/mol. The molecule has 2 aliphatic heterocycles. The van der Waals surface area contributed by atoms with Crippen molar-refractivity contribution >= 4 is 17.2 Å². The van der Waals surface area contributed by atoms with Crippen molar-refractivity contribution in [1.29, 1.82) is 0 Å². The number of aromatic nitrogens is 3. The lowest BCUT2D eigenvalue weighted by atomic mass is 10.0. The third-order valence-corrected chi connectivity index (χ3v) is 5.89. The number of imidazole rings is 1. The fourth-order valence-electron chi connectivity index (χ4n) is 4.36. The summed E-state index contributed by atoms with van der Waals surface area (Å²) in [6, 6.07) is 6.75. The van der Waals surface area contributed by atoms with E-state index in [1.807, 2.05) is 12.4 Å². The monoisotopic (exact) mass is 377 g/mol. The van der Waals surface area contributed by atoms with Crippen molar-refractivity contribution in [3.8, 4) is 11.3 Å². The Hall–Kier alpha value is -2.60. The van der Waals surface area contributed by atoms with Gasteiger partial charge in [-0.2, -0.15) is 0 Å². The van der Waals surface area contributed by atoms with E-state index in [0.717, 1.165) is 56.2 Å². The summed E-state index contributed by atoms with van der Waals surface area (Å²) in [6.45, 7) is 6.17. The van der Waals surface area contributed by atoms with Gasteiger partial charge in [-0.15, -0.1) is 0 Å². The lowest BCUT2D eigenvalue weighted by Crippen LogP contribution is -2.19. The molecule has 0 amide bonds. The van der Waals surface area contributed by atoms with Crippen LogP contribution >= 0.6 is 0 Å². The van der Waals surface area contributed by atoms with Gasteiger partial charge in [-0.25, -0.2) is 4.98 Å². The molecule has 3 aromatic rings. The summed E-state index contributed by atoms with van der Waals surface area (Å²) in [7, 11) is 0. The summed E-state index contributed by atoms with van der Waals surface area (Å²) in [6.07, 6.45) is 10.7. The van der Waals surface area contributed by atoms with E-state index in [0.29, 0.717) is 0 Å². The SMILES string of the molecule is Cc1cc(N2CCCC2)ccc1-c1nc2cnccn2c1NCC1CCCO1. The second kappa shape index (κ2) is 7.43. The van der Waals surface area contributed by atoms with Crippen molar-refractivity contribution < 1.29 is 4.74 Å². The molecule has 0 bridgehead atoms. The zero-order chi connectivity index (χ0) is 18.9. The number of hydrogen-bond acceptors (Lipinski definition) is 5. The molecule has 6 heteroatoms. The van der Waals surface area contributed by atoms with Gasteiger partial charge >= 0.3 is 0 Å². The summed E-state index contributed by atoms with van der Waals surface area (Å²) in [5.41, 5.74) is 5.58. The molecule has 4 heterocycles. The van der Waals surface area contributed by atoms with Gasteiger partial charge in [0.25, 0.3) is 0 Å². The van der Waals surface area contributed by atoms with E-state index in [1.165, 1.54) is 29.7 Å². The van der Waals surface area contributed by atoms with Crippen molar-refractivity contribution in [3.63, 3.8) is 0 Å². The van der Waals surface area contributed by atoms with Gasteiger partial charge in [-0.05, 0) is 50.3 Å². The third kappa shape index (κ3) is 3.22. The predicted octanol–water partition coefficient (Wildman–Crippen LogP) is 3.90. The highest BCUT2D eigenvalue weighted by Crippen LogP contribution is 2.33. The zero-order valence-electron chi connectivity index (χ0n) is 16.4. The van der Waals surface area contributed by atoms with Crippen molar-refractivity contribution in [2.45, 2.75) is 38.7 Å². The van der Waals surface area contributed by atoms with Crippen LogP contribution in [0, 0.1) is 6.92 Å². The number of benzene rings is 1. The van der Waals surface area contributed by atoms with Gasteiger partial charge in [-0.1, -0.05) is 6.07 Å². The van der Waals surface area contributed by atoms with Gasteiger partial charge in [0.15, 0.2) is 5.65 Å². The molecule has 1 atom stereocenters. The van der Waals surface area contributed by atoms with Gasteiger partial charge in [0.05, 0.1) is 12.3 Å². The molecular formula is C22H27N5O. The first-order valence-electron chi connectivity index (χ1n) is 10.3. The number of hydrogen-bond donors (Lipinski definition) is 1. The minimum absolute atomic E-state index is 0.277. The topological polar surface area (TPSA) is 54.7 Å². The first-order chi connectivity index (χ1) is 13.8. The van der Waals surface area contributed by atoms with Crippen LogP contribution in [0.5, 0.6) is 0 Å². The van der Waals surface area contributed by atoms with E-state index in [-0.39, 0.29) is 6.10 Å². The largest absolute Gasteiger partial charge is 0.376 e. The Morgan fingerprint density at radius 1 is 1.21 bits per heavy atom. The first-order valence-corrected chi connectivity index (χ1v) is 10.3. The fraction of sp³-hybridized carbons (Fsp3) is 0.455. The maximum atomic E-state index is 5.80. The molecule has 0 spiro atoms. The van der Waals surface area contributed by atoms with Crippen LogP contribution in [0.1, 0.15) is 31.2 Å². The molecule has 2 fully saturated rings. The Bertz CT molecular complexity index is 970. The Balaban J connectivity index is 1.51. The number of aryl methyl sites for hydroxylation is 1. The summed E-state index contributed by atoms with van der Waals surface area (Å²) < 4.78 is 7.88. The highest BCUT2D eigenvalue weighted by Gasteiger charge is 2.20. The zero-order valence-corrected chi connectivity index (χ0v) is 16.4. The highest BCUT2D eigenvalue weighted by atomic mass is 16.5. The number of nitrogens with one attached hydrogen (secondary N) is 1. The third-order valence-electron chi connectivity index (χ3n) is 5.89. The van der Waals surface area contributed by atoms with Crippen molar-refractivity contribution in [2.75, 3.05) is 36.5 Å². The Morgan fingerprint density at radius 3 is 2.89 bits per heavy atom. The van der Waals surface area contributed by atoms with Gasteiger partial charge < -0.3 is 15.0 Å². The van der Waals surface area contributed by atoms with Gasteiger partial charge in [0, 0.05) is 49.9 Å². The highest BCUT2D eigenvalue weighted by molar-refractivity contribution is 5.79. The van der Waals surface area contributed by atoms with Crippen LogP contribution in [0.3, 0.4) is 0 Å². The van der Waals surface area contributed by atoms with Crippen LogP contribution < -0.4 is 10.2 Å². The molecule has 0 aliphatic carbocycles. The Kier molecular flexibility index (Phi) is 4.64. The Labute approximate surface area is 165 Å². The minimum atomic E-state index is 0.277. The van der Waals surface area contributed by atoms with Crippen LogP contribution in [0.15, 0.2) is 36.8 Å². The van der Waals surface area contributed by atoms with E-state index in [9.17, 15) is 0 Å². The summed E-state index contributed by atoms with van der Waals surface area (Å²) in [5.74, 6) is 1.02. The number of fused-ring (bicyclic) bond motifs is 1. The molecule has 2 saturated heterocycles. The molecule has 5 rings (SSSR count). The molecule has 6 nitrogen and oxygen atoms in total. The van der Waals surface area contributed by atoms with E-state index in [2.05, 4.69) is 44.7 Å². The summed E-state index contributed by atoms with van der Waals surface area (Å²) in [4.78, 5) is 11.6. The van der Waals surface area contributed by atoms with Crippen LogP contribution in [-0.4, -0.2) is 46.7 Å². The molecule has 146 valence electrons. The fourth-order valence-corrected chi connectivity index (χ4v) is 4.36. The van der Waals surface area contributed by atoms with Gasteiger partial charge in [0.1, 0.15) is 11.5 Å². The second-order valence-corrected chi connectivity index (χ2v) is 7.82. The molecule has 2 aromatic heterocycles. The molecule has 0 saturated carbocycles. The molecule has 1 aromatic carbocycles. The molecule has 1 N–H and O–H groups in total. The predicted molar refractivity (Wildman–Crippen MR) is 112 cm³/mol. The molecule has 1 unspecified atom stereocenters. The van der Waals surface area contributed by atoms with E-state index < -0.39 is 0 Å². The van der Waals surface area contributed by atoms with E-state index >= 15 is 0 Å². The summed E-state index contributed by atoms with van der Waals surface area (Å²) >= 11 is 0. The second-order valence-electron chi connectivity index (χ2n) is 7.82. The van der Waals surface area contributed by atoms with Crippen LogP contribution in [0.2, 0.25) is 0 Å². The lowest BCUT2D eigenvalue weighted by Gasteiger charge is -2.19. The van der Waals surface area contributed by atoms with E-state index in [1.54, 1.807) is 6.20 Å². The molecule has 0 radical (unpaired) electrons. The maximum Gasteiger partial charge on any atom is 0.157 e. The van der Waals surface area contributed by atoms with Gasteiger partial charge in [0.2, 0.25) is 0 Å². The number of ether oxygens (including phenoxy) is 1. The number of rotatable bonds is 5. The minimum Gasteiger partial charge on any atom is -0.376 e.